The largest absolute Gasteiger partial charge is 0.481 e. The number of amides is 1. The number of likely N-dealkylation sites (tertiary alicyclic amines) is 1. The van der Waals surface area contributed by atoms with Crippen LogP contribution >= 0.6 is 0 Å². The fraction of sp³-hybridized carbons (Fsp3) is 0.818. The Kier molecular flexibility index (Phi) is 3.71. The lowest BCUT2D eigenvalue weighted by atomic mass is 9.73. The highest BCUT2D eigenvalue weighted by atomic mass is 32.2. The SMILES string of the molecule is O=C(O)C1CN(C(=O)C(F)(F)F)CC12CCS(=O)(=O)CC2. The van der Waals surface area contributed by atoms with E-state index in [4.69, 9.17) is 0 Å². The van der Waals surface area contributed by atoms with E-state index in [-0.39, 0.29) is 30.9 Å². The van der Waals surface area contributed by atoms with E-state index < -0.39 is 45.8 Å². The maximum Gasteiger partial charge on any atom is 0.471 e. The molecular weight excluding hydrogens is 315 g/mol. The van der Waals surface area contributed by atoms with Crippen LogP contribution in [0.15, 0.2) is 0 Å². The topological polar surface area (TPSA) is 91.8 Å². The van der Waals surface area contributed by atoms with E-state index in [1.807, 2.05) is 0 Å². The van der Waals surface area contributed by atoms with Crippen molar-refractivity contribution in [1.29, 1.82) is 0 Å². The molecule has 1 amide bonds. The van der Waals surface area contributed by atoms with E-state index in [2.05, 4.69) is 0 Å². The summed E-state index contributed by atoms with van der Waals surface area (Å²) >= 11 is 0. The van der Waals surface area contributed by atoms with Crippen LogP contribution in [0.5, 0.6) is 0 Å². The maximum atomic E-state index is 12.5. The smallest absolute Gasteiger partial charge is 0.471 e. The fourth-order valence-electron chi connectivity index (χ4n) is 3.09. The van der Waals surface area contributed by atoms with Gasteiger partial charge in [0.1, 0.15) is 9.84 Å². The molecule has 1 unspecified atom stereocenters. The Balaban J connectivity index is 2.25. The van der Waals surface area contributed by atoms with E-state index in [1.54, 1.807) is 0 Å². The first kappa shape index (κ1) is 16.1. The Labute approximate surface area is 118 Å². The highest BCUT2D eigenvalue weighted by Crippen LogP contribution is 2.46. The van der Waals surface area contributed by atoms with Crippen molar-refractivity contribution >= 4 is 21.7 Å². The molecule has 2 aliphatic heterocycles. The number of carbonyl (C=O) groups is 2. The quantitative estimate of drug-likeness (QED) is 0.746. The molecule has 6 nitrogen and oxygen atoms in total. The number of carboxylic acids is 1. The normalized spacial score (nSPS) is 27.8. The second kappa shape index (κ2) is 4.85. The van der Waals surface area contributed by atoms with Gasteiger partial charge in [0.15, 0.2) is 0 Å². The number of carbonyl (C=O) groups excluding carboxylic acids is 1. The molecule has 120 valence electrons. The minimum atomic E-state index is -5.06. The monoisotopic (exact) mass is 329 g/mol. The Morgan fingerprint density at radius 1 is 1.19 bits per heavy atom. The fourth-order valence-corrected chi connectivity index (χ4v) is 4.73. The summed E-state index contributed by atoms with van der Waals surface area (Å²) < 4.78 is 60.3. The molecule has 2 rings (SSSR count). The maximum absolute atomic E-state index is 12.5. The van der Waals surface area contributed by atoms with E-state index in [9.17, 15) is 36.3 Å². The summed E-state index contributed by atoms with van der Waals surface area (Å²) in [5, 5.41) is 9.19. The van der Waals surface area contributed by atoms with Gasteiger partial charge in [0.05, 0.1) is 17.4 Å². The molecule has 10 heteroatoms. The summed E-state index contributed by atoms with van der Waals surface area (Å²) in [4.78, 5) is 23.0. The van der Waals surface area contributed by atoms with Gasteiger partial charge in [0, 0.05) is 18.5 Å². The molecule has 0 radical (unpaired) electrons. The summed E-state index contributed by atoms with van der Waals surface area (Å²) in [7, 11) is -3.28. The molecule has 2 fully saturated rings. The number of halogens is 3. The van der Waals surface area contributed by atoms with E-state index >= 15 is 0 Å². The molecule has 21 heavy (non-hydrogen) atoms. The first-order valence-electron chi connectivity index (χ1n) is 6.26. The third kappa shape index (κ3) is 2.99. The van der Waals surface area contributed by atoms with Crippen LogP contribution in [0.3, 0.4) is 0 Å². The molecule has 1 atom stereocenters. The number of hydrogen-bond acceptors (Lipinski definition) is 4. The van der Waals surface area contributed by atoms with Crippen molar-refractivity contribution in [2.75, 3.05) is 24.6 Å². The van der Waals surface area contributed by atoms with Gasteiger partial charge < -0.3 is 10.0 Å². The van der Waals surface area contributed by atoms with Crippen LogP contribution in [0.25, 0.3) is 0 Å². The summed E-state index contributed by atoms with van der Waals surface area (Å²) in [6.45, 7) is -0.897. The number of hydrogen-bond donors (Lipinski definition) is 1. The van der Waals surface area contributed by atoms with Crippen LogP contribution in [0.1, 0.15) is 12.8 Å². The molecule has 2 saturated heterocycles. The number of rotatable bonds is 1. The Morgan fingerprint density at radius 3 is 2.14 bits per heavy atom. The van der Waals surface area contributed by atoms with Gasteiger partial charge in [-0.1, -0.05) is 0 Å². The molecule has 0 bridgehead atoms. The third-order valence-electron chi connectivity index (χ3n) is 4.30. The first-order chi connectivity index (χ1) is 9.47. The first-order valence-corrected chi connectivity index (χ1v) is 8.08. The summed E-state index contributed by atoms with van der Waals surface area (Å²) in [6, 6.07) is 0. The zero-order chi connectivity index (χ0) is 16.1. The van der Waals surface area contributed by atoms with E-state index in [0.29, 0.717) is 4.90 Å². The van der Waals surface area contributed by atoms with Gasteiger partial charge in [-0.15, -0.1) is 0 Å². The minimum absolute atomic E-state index is 0.0338. The molecule has 1 N–H and O–H groups in total. The van der Waals surface area contributed by atoms with Crippen LogP contribution in [-0.2, 0) is 19.4 Å². The van der Waals surface area contributed by atoms with Crippen molar-refractivity contribution in [2.45, 2.75) is 19.0 Å². The highest BCUT2D eigenvalue weighted by molar-refractivity contribution is 7.91. The molecule has 1 spiro atoms. The predicted molar refractivity (Wildman–Crippen MR) is 64.1 cm³/mol. The highest BCUT2D eigenvalue weighted by Gasteiger charge is 2.56. The van der Waals surface area contributed by atoms with Crippen molar-refractivity contribution in [3.05, 3.63) is 0 Å². The molecule has 0 aliphatic carbocycles. The van der Waals surface area contributed by atoms with Crippen LogP contribution in [0.4, 0.5) is 13.2 Å². The zero-order valence-electron chi connectivity index (χ0n) is 10.9. The summed E-state index contributed by atoms with van der Waals surface area (Å²) in [6.07, 6.45) is -5.13. The van der Waals surface area contributed by atoms with Crippen molar-refractivity contribution in [3.8, 4) is 0 Å². The molecule has 0 saturated carbocycles. The second-order valence-corrected chi connectivity index (χ2v) is 7.89. The van der Waals surface area contributed by atoms with E-state index in [0.717, 1.165) is 0 Å². The lowest BCUT2D eigenvalue weighted by Gasteiger charge is -2.35. The third-order valence-corrected chi connectivity index (χ3v) is 5.95. The van der Waals surface area contributed by atoms with Crippen LogP contribution in [0.2, 0.25) is 0 Å². The van der Waals surface area contributed by atoms with Crippen LogP contribution < -0.4 is 0 Å². The molecule has 0 aromatic carbocycles. The number of nitrogens with zero attached hydrogens (tertiary/aromatic N) is 1. The van der Waals surface area contributed by atoms with Crippen molar-refractivity contribution in [1.82, 2.24) is 4.90 Å². The number of aliphatic carboxylic acids is 1. The molecule has 0 aromatic rings. The summed E-state index contributed by atoms with van der Waals surface area (Å²) in [5.41, 5.74) is -1.09. The Bertz CT molecular complexity index is 557. The number of alkyl halides is 3. The molecule has 2 aliphatic rings. The Morgan fingerprint density at radius 2 is 1.71 bits per heavy atom. The van der Waals surface area contributed by atoms with Crippen molar-refractivity contribution in [3.63, 3.8) is 0 Å². The summed E-state index contributed by atoms with van der Waals surface area (Å²) in [5.74, 6) is -5.06. The van der Waals surface area contributed by atoms with Gasteiger partial charge in [0.25, 0.3) is 0 Å². The number of carboxylic acid groups (broad SMARTS) is 1. The van der Waals surface area contributed by atoms with Crippen LogP contribution in [0, 0.1) is 11.3 Å². The Hall–Kier alpha value is -1.32. The minimum Gasteiger partial charge on any atom is -0.481 e. The molecular formula is C11H14F3NO5S. The molecule has 2 heterocycles. The van der Waals surface area contributed by atoms with Gasteiger partial charge in [0.2, 0.25) is 0 Å². The zero-order valence-corrected chi connectivity index (χ0v) is 11.7. The standard InChI is InChI=1S/C11H14F3NO5S/c12-11(13,14)9(18)15-5-7(8(16)17)10(6-15)1-3-21(19,20)4-2-10/h7H,1-6H2,(H,16,17). The van der Waals surface area contributed by atoms with Gasteiger partial charge in [-0.05, 0) is 12.8 Å². The predicted octanol–water partition coefficient (Wildman–Crippen LogP) is 0.287. The van der Waals surface area contributed by atoms with Gasteiger partial charge in [-0.3, -0.25) is 9.59 Å². The number of sulfone groups is 1. The van der Waals surface area contributed by atoms with Gasteiger partial charge >= 0.3 is 18.1 Å². The van der Waals surface area contributed by atoms with E-state index in [1.165, 1.54) is 0 Å². The average Bonchev–Trinajstić information content (AvgIpc) is 2.71. The van der Waals surface area contributed by atoms with Crippen molar-refractivity contribution in [2.24, 2.45) is 11.3 Å². The van der Waals surface area contributed by atoms with Gasteiger partial charge in [-0.25, -0.2) is 8.42 Å². The molecule has 0 aromatic heterocycles. The lowest BCUT2D eigenvalue weighted by Crippen LogP contribution is -2.43. The lowest BCUT2D eigenvalue weighted by molar-refractivity contribution is -0.184. The van der Waals surface area contributed by atoms with Gasteiger partial charge in [-0.2, -0.15) is 13.2 Å². The van der Waals surface area contributed by atoms with Crippen molar-refractivity contribution < 1.29 is 36.3 Å². The average molecular weight is 329 g/mol. The van der Waals surface area contributed by atoms with Crippen LogP contribution in [-0.4, -0.2) is 61.1 Å². The second-order valence-electron chi connectivity index (χ2n) is 5.59.